The average Bonchev–Trinajstić information content (AvgIpc) is 2.86. The lowest BCUT2D eigenvalue weighted by molar-refractivity contribution is -0.226. The van der Waals surface area contributed by atoms with E-state index in [1.807, 2.05) is 22.6 Å². The summed E-state index contributed by atoms with van der Waals surface area (Å²) in [6.07, 6.45) is -12.6. The summed E-state index contributed by atoms with van der Waals surface area (Å²) >= 11 is 1.88. The minimum absolute atomic E-state index is 0.0738. The fourth-order valence-electron chi connectivity index (χ4n) is 4.28. The van der Waals surface area contributed by atoms with Crippen molar-refractivity contribution in [3.63, 3.8) is 0 Å². The molecular formula is C28H25F12IO. The summed E-state index contributed by atoms with van der Waals surface area (Å²) in [5, 5.41) is 0. The molecule has 0 N–H and O–H groups in total. The second-order valence-corrected chi connectivity index (χ2v) is 10.6. The molecule has 2 aliphatic rings. The Labute approximate surface area is 247 Å². The normalized spacial score (nSPS) is 23.1. The second kappa shape index (κ2) is 15.0. The van der Waals surface area contributed by atoms with Gasteiger partial charge in [-0.1, -0.05) is 24.8 Å². The maximum absolute atomic E-state index is 15.2. The van der Waals surface area contributed by atoms with Crippen LogP contribution < -0.4 is 0 Å². The summed E-state index contributed by atoms with van der Waals surface area (Å²) in [5.74, 6) is -12.6. The molecule has 0 aromatic heterocycles. The van der Waals surface area contributed by atoms with E-state index in [0.717, 1.165) is 6.08 Å². The van der Waals surface area contributed by atoms with Crippen molar-refractivity contribution in [3.05, 3.63) is 93.5 Å². The van der Waals surface area contributed by atoms with E-state index in [0.29, 0.717) is 9.66 Å². The quantitative estimate of drug-likeness (QED) is 0.0793. The molecule has 0 fully saturated rings. The lowest BCUT2D eigenvalue weighted by atomic mass is 9.83. The summed E-state index contributed by atoms with van der Waals surface area (Å²) in [7, 11) is 0. The number of rotatable bonds is 13. The molecular weight excluding hydrogens is 707 g/mol. The second-order valence-electron chi connectivity index (χ2n) is 9.39. The Morgan fingerprint density at radius 3 is 2.31 bits per heavy atom. The molecule has 3 unspecified atom stereocenters. The Morgan fingerprint density at radius 2 is 1.79 bits per heavy atom. The number of hydrogen-bond donors (Lipinski definition) is 0. The molecule has 0 aromatic rings. The first kappa shape index (κ1) is 36.0. The van der Waals surface area contributed by atoms with E-state index in [9.17, 15) is 48.3 Å². The fraction of sp³-hybridized carbons (Fsp3) is 0.429. The molecule has 2 rings (SSSR count). The molecule has 0 aliphatic heterocycles. The molecule has 0 aromatic carbocycles. The molecule has 1 nitrogen and oxygen atoms in total. The fourth-order valence-corrected chi connectivity index (χ4v) is 4.83. The highest BCUT2D eigenvalue weighted by molar-refractivity contribution is 14.1. The Kier molecular flexibility index (Phi) is 12.8. The van der Waals surface area contributed by atoms with Crippen molar-refractivity contribution in [2.45, 2.75) is 50.2 Å². The third-order valence-electron chi connectivity index (χ3n) is 6.46. The zero-order chi connectivity index (χ0) is 32.0. The Bertz CT molecular complexity index is 1210. The first-order valence-electron chi connectivity index (χ1n) is 12.3. The minimum Gasteiger partial charge on any atom is -0.308 e. The SMILES string of the molecule is C=CC(F)[C@@H](/C(F)=C\CC1CC=C(I)C=C1F)C(/C=C(/F)C(=C)C(F)(F)O[C@H]1C=C(F)C(C(F)(F)F)=C(F)C1)CCF. The number of ether oxygens (including phenoxy) is 1. The molecule has 0 heterocycles. The van der Waals surface area contributed by atoms with Crippen LogP contribution in [0.4, 0.5) is 52.7 Å². The third kappa shape index (κ3) is 9.38. The van der Waals surface area contributed by atoms with Gasteiger partial charge < -0.3 is 4.74 Å². The molecule has 0 saturated carbocycles. The summed E-state index contributed by atoms with van der Waals surface area (Å²) < 4.78 is 172. The van der Waals surface area contributed by atoms with Crippen LogP contribution in [0.3, 0.4) is 0 Å². The average molecular weight is 732 g/mol. The van der Waals surface area contributed by atoms with Gasteiger partial charge in [-0.15, -0.1) is 6.58 Å². The van der Waals surface area contributed by atoms with Gasteiger partial charge in [0.05, 0.1) is 24.3 Å². The summed E-state index contributed by atoms with van der Waals surface area (Å²) in [6.45, 7) is 4.69. The first-order chi connectivity index (χ1) is 19.4. The highest BCUT2D eigenvalue weighted by atomic mass is 127. The molecule has 5 atom stereocenters. The number of halogens is 13. The predicted octanol–water partition coefficient (Wildman–Crippen LogP) is 11.0. The highest BCUT2D eigenvalue weighted by Gasteiger charge is 2.46. The van der Waals surface area contributed by atoms with Gasteiger partial charge in [0.15, 0.2) is 0 Å². The number of hydrogen-bond acceptors (Lipinski definition) is 1. The largest absolute Gasteiger partial charge is 0.421 e. The van der Waals surface area contributed by atoms with Gasteiger partial charge in [-0.2, -0.15) is 22.0 Å². The van der Waals surface area contributed by atoms with Gasteiger partial charge in [-0.25, -0.2) is 26.3 Å². The van der Waals surface area contributed by atoms with Crippen LogP contribution in [-0.2, 0) is 4.74 Å². The zero-order valence-corrected chi connectivity index (χ0v) is 23.8. The van der Waals surface area contributed by atoms with Crippen LogP contribution in [0.5, 0.6) is 0 Å². The Hall–Kier alpha value is -2.23. The van der Waals surface area contributed by atoms with Gasteiger partial charge in [0.25, 0.3) is 0 Å². The number of alkyl halides is 7. The van der Waals surface area contributed by atoms with Gasteiger partial charge in [-0.05, 0) is 66.0 Å². The van der Waals surface area contributed by atoms with E-state index in [1.165, 1.54) is 6.08 Å². The highest BCUT2D eigenvalue weighted by Crippen LogP contribution is 2.43. The van der Waals surface area contributed by atoms with Crippen molar-refractivity contribution in [2.24, 2.45) is 17.8 Å². The predicted molar refractivity (Wildman–Crippen MR) is 142 cm³/mol. The summed E-state index contributed by atoms with van der Waals surface area (Å²) in [4.78, 5) is 0. The van der Waals surface area contributed by atoms with E-state index in [1.54, 1.807) is 6.08 Å². The monoisotopic (exact) mass is 732 g/mol. The molecule has 0 spiro atoms. The first-order valence-corrected chi connectivity index (χ1v) is 13.4. The maximum Gasteiger partial charge on any atom is 0.421 e. The molecule has 2 aliphatic carbocycles. The van der Waals surface area contributed by atoms with Crippen LogP contribution in [-0.4, -0.2) is 31.2 Å². The van der Waals surface area contributed by atoms with Crippen molar-refractivity contribution in [3.8, 4) is 0 Å². The summed E-state index contributed by atoms with van der Waals surface area (Å²) in [6, 6.07) is 0. The van der Waals surface area contributed by atoms with Crippen molar-refractivity contribution in [1.82, 2.24) is 0 Å². The minimum atomic E-state index is -5.46. The van der Waals surface area contributed by atoms with E-state index in [2.05, 4.69) is 17.9 Å². The lowest BCUT2D eigenvalue weighted by Crippen LogP contribution is -2.32. The zero-order valence-electron chi connectivity index (χ0n) is 21.6. The summed E-state index contributed by atoms with van der Waals surface area (Å²) in [5.41, 5.74) is -4.11. The van der Waals surface area contributed by atoms with Gasteiger partial charge >= 0.3 is 12.3 Å². The molecule has 0 radical (unpaired) electrons. The van der Waals surface area contributed by atoms with Crippen molar-refractivity contribution in [2.75, 3.05) is 6.67 Å². The molecule has 0 bridgehead atoms. The Balaban J connectivity index is 2.29. The van der Waals surface area contributed by atoms with Crippen LogP contribution in [0.2, 0.25) is 0 Å². The third-order valence-corrected chi connectivity index (χ3v) is 7.21. The smallest absolute Gasteiger partial charge is 0.308 e. The van der Waals surface area contributed by atoms with Crippen LogP contribution in [0.1, 0.15) is 25.7 Å². The van der Waals surface area contributed by atoms with Crippen molar-refractivity contribution >= 4 is 22.6 Å². The van der Waals surface area contributed by atoms with E-state index in [4.69, 9.17) is 0 Å². The van der Waals surface area contributed by atoms with E-state index < -0.39 is 102 Å². The lowest BCUT2D eigenvalue weighted by Gasteiger charge is -2.27. The van der Waals surface area contributed by atoms with Gasteiger partial charge in [0, 0.05) is 15.9 Å². The van der Waals surface area contributed by atoms with Crippen molar-refractivity contribution in [1.29, 1.82) is 0 Å². The van der Waals surface area contributed by atoms with Crippen LogP contribution in [0.25, 0.3) is 0 Å². The van der Waals surface area contributed by atoms with Gasteiger partial charge in [0.2, 0.25) is 0 Å². The van der Waals surface area contributed by atoms with Crippen LogP contribution >= 0.6 is 22.6 Å². The molecule has 42 heavy (non-hydrogen) atoms. The maximum atomic E-state index is 15.2. The van der Waals surface area contributed by atoms with Crippen LogP contribution in [0.15, 0.2) is 93.5 Å². The van der Waals surface area contributed by atoms with Gasteiger partial charge in [0.1, 0.15) is 40.9 Å². The Morgan fingerprint density at radius 1 is 1.14 bits per heavy atom. The topological polar surface area (TPSA) is 9.23 Å². The standard InChI is InChI=1S/C28H25F12IO/c1-3-19(30)25(20(31)7-5-15-4-6-17(41)11-22(15)33)16(8-9-29)10-21(32)14(2)28(39,40)42-18-12-23(34)26(24(35)13-18)27(36,37)38/h3,6-7,10-12,15-16,18-19,25H,1-2,4-5,8-9,13H2/b20-7+,21-10+/t15?,16?,18-,19?,25-/m0/s1. The molecule has 234 valence electrons. The van der Waals surface area contributed by atoms with E-state index in [-0.39, 0.29) is 25.0 Å². The van der Waals surface area contributed by atoms with Crippen LogP contribution in [0, 0.1) is 17.8 Å². The molecule has 0 amide bonds. The number of allylic oxidation sites excluding steroid dienone is 10. The van der Waals surface area contributed by atoms with Gasteiger partial charge in [-0.3, -0.25) is 4.39 Å². The molecule has 0 saturated heterocycles. The molecule has 14 heteroatoms. The van der Waals surface area contributed by atoms with E-state index >= 15 is 4.39 Å². The van der Waals surface area contributed by atoms with Crippen molar-refractivity contribution < 1.29 is 57.4 Å².